The quantitative estimate of drug-likeness (QED) is 0.777. The molecule has 1 saturated heterocycles. The second-order valence-electron chi connectivity index (χ2n) is 6.71. The first-order valence-corrected chi connectivity index (χ1v) is 9.14. The lowest BCUT2D eigenvalue weighted by Crippen LogP contribution is -2.50. The Morgan fingerprint density at radius 2 is 1.31 bits per heavy atom. The van der Waals surface area contributed by atoms with Gasteiger partial charge in [0.15, 0.2) is 0 Å². The van der Waals surface area contributed by atoms with Gasteiger partial charge in [0.05, 0.1) is 17.8 Å². The van der Waals surface area contributed by atoms with Crippen molar-refractivity contribution in [1.82, 2.24) is 14.7 Å². The van der Waals surface area contributed by atoms with Gasteiger partial charge in [-0.2, -0.15) is 0 Å². The van der Waals surface area contributed by atoms with Gasteiger partial charge in [-0.1, -0.05) is 41.9 Å². The average molecular weight is 370 g/mol. The van der Waals surface area contributed by atoms with Crippen LogP contribution in [0.4, 0.5) is 0 Å². The molecule has 2 amide bonds. The second-order valence-corrected chi connectivity index (χ2v) is 7.12. The molecule has 0 N–H and O–H groups in total. The molecule has 0 radical (unpaired) electrons. The molecule has 5 nitrogen and oxygen atoms in total. The number of fused-ring (bicyclic) bond motifs is 1. The number of halogens is 1. The van der Waals surface area contributed by atoms with E-state index >= 15 is 0 Å². The zero-order chi connectivity index (χ0) is 18.1. The summed E-state index contributed by atoms with van der Waals surface area (Å²) in [6, 6.07) is 14.9. The molecule has 0 aromatic heterocycles. The molecule has 2 aromatic rings. The predicted octanol–water partition coefficient (Wildman–Crippen LogP) is 2.71. The summed E-state index contributed by atoms with van der Waals surface area (Å²) in [4.78, 5) is 30.8. The molecule has 0 unspecified atom stereocenters. The minimum Gasteiger partial charge on any atom is -0.296 e. The molecular formula is C20H20ClN3O2. The first-order valence-electron chi connectivity index (χ1n) is 8.77. The van der Waals surface area contributed by atoms with Crippen molar-refractivity contribution in [2.75, 3.05) is 32.8 Å². The van der Waals surface area contributed by atoms with Gasteiger partial charge in [-0.25, -0.2) is 0 Å². The first-order chi connectivity index (χ1) is 12.6. The van der Waals surface area contributed by atoms with Crippen molar-refractivity contribution < 1.29 is 9.59 Å². The highest BCUT2D eigenvalue weighted by Gasteiger charge is 2.36. The lowest BCUT2D eigenvalue weighted by molar-refractivity contribution is 0.0447. The zero-order valence-electron chi connectivity index (χ0n) is 14.4. The van der Waals surface area contributed by atoms with Crippen LogP contribution in [-0.4, -0.2) is 59.4 Å². The van der Waals surface area contributed by atoms with E-state index in [1.807, 2.05) is 24.3 Å². The molecule has 6 heteroatoms. The van der Waals surface area contributed by atoms with Crippen LogP contribution in [0.25, 0.3) is 0 Å². The van der Waals surface area contributed by atoms with Crippen molar-refractivity contribution in [3.63, 3.8) is 0 Å². The molecule has 134 valence electrons. The molecule has 0 atom stereocenters. The van der Waals surface area contributed by atoms with E-state index in [1.165, 1.54) is 4.90 Å². The summed E-state index contributed by atoms with van der Waals surface area (Å²) in [6.45, 7) is 4.57. The predicted molar refractivity (Wildman–Crippen MR) is 100 cm³/mol. The van der Waals surface area contributed by atoms with Crippen LogP contribution >= 0.6 is 11.6 Å². The molecular weight excluding hydrogens is 350 g/mol. The fourth-order valence-corrected chi connectivity index (χ4v) is 3.72. The van der Waals surface area contributed by atoms with Crippen molar-refractivity contribution in [2.24, 2.45) is 0 Å². The molecule has 0 aliphatic carbocycles. The van der Waals surface area contributed by atoms with Gasteiger partial charge >= 0.3 is 0 Å². The number of rotatable bonds is 4. The van der Waals surface area contributed by atoms with Crippen LogP contribution in [0.15, 0.2) is 48.5 Å². The van der Waals surface area contributed by atoms with Crippen molar-refractivity contribution in [3.8, 4) is 0 Å². The number of nitrogens with zero attached hydrogens (tertiary/aromatic N) is 3. The van der Waals surface area contributed by atoms with Crippen LogP contribution < -0.4 is 0 Å². The normalized spacial score (nSPS) is 18.4. The molecule has 0 saturated carbocycles. The lowest BCUT2D eigenvalue weighted by atomic mass is 10.1. The van der Waals surface area contributed by atoms with E-state index in [9.17, 15) is 9.59 Å². The van der Waals surface area contributed by atoms with E-state index in [-0.39, 0.29) is 11.8 Å². The summed E-state index contributed by atoms with van der Waals surface area (Å²) < 4.78 is 0. The molecule has 1 fully saturated rings. The molecule has 2 aliphatic rings. The maximum atomic E-state index is 12.5. The third-order valence-corrected chi connectivity index (χ3v) is 5.41. The maximum absolute atomic E-state index is 12.5. The van der Waals surface area contributed by atoms with Crippen molar-refractivity contribution >= 4 is 23.4 Å². The SMILES string of the molecule is O=C1c2ccccc2C(=O)N1CN1CCN(Cc2ccccc2Cl)CC1. The number of hydrogen-bond donors (Lipinski definition) is 0. The summed E-state index contributed by atoms with van der Waals surface area (Å²) in [6.07, 6.45) is 0. The van der Waals surface area contributed by atoms with E-state index in [0.717, 1.165) is 43.3 Å². The lowest BCUT2D eigenvalue weighted by Gasteiger charge is -2.36. The number of benzene rings is 2. The van der Waals surface area contributed by atoms with E-state index in [0.29, 0.717) is 17.8 Å². The number of piperazine rings is 1. The summed E-state index contributed by atoms with van der Waals surface area (Å²) in [5.41, 5.74) is 2.15. The number of carbonyl (C=O) groups excluding carboxylic acids is 2. The van der Waals surface area contributed by atoms with Gasteiger partial charge in [-0.15, -0.1) is 0 Å². The Kier molecular flexibility index (Phi) is 4.76. The van der Waals surface area contributed by atoms with Crippen LogP contribution in [0.1, 0.15) is 26.3 Å². The van der Waals surface area contributed by atoms with Crippen molar-refractivity contribution in [3.05, 3.63) is 70.2 Å². The largest absolute Gasteiger partial charge is 0.296 e. The summed E-state index contributed by atoms with van der Waals surface area (Å²) in [5.74, 6) is -0.381. The van der Waals surface area contributed by atoms with E-state index in [1.54, 1.807) is 24.3 Å². The van der Waals surface area contributed by atoms with Crippen molar-refractivity contribution in [1.29, 1.82) is 0 Å². The van der Waals surface area contributed by atoms with Gasteiger partial charge < -0.3 is 0 Å². The van der Waals surface area contributed by atoms with Crippen LogP contribution in [-0.2, 0) is 6.54 Å². The number of carbonyl (C=O) groups is 2. The monoisotopic (exact) mass is 369 g/mol. The van der Waals surface area contributed by atoms with Gasteiger partial charge in [-0.3, -0.25) is 24.3 Å². The van der Waals surface area contributed by atoms with E-state index in [2.05, 4.69) is 9.80 Å². The van der Waals surface area contributed by atoms with Gasteiger partial charge in [0.1, 0.15) is 0 Å². The Morgan fingerprint density at radius 1 is 0.769 bits per heavy atom. The van der Waals surface area contributed by atoms with Gasteiger partial charge in [0, 0.05) is 37.7 Å². The third kappa shape index (κ3) is 3.26. The Hall–Kier alpha value is -2.21. The maximum Gasteiger partial charge on any atom is 0.262 e. The van der Waals surface area contributed by atoms with Crippen molar-refractivity contribution in [2.45, 2.75) is 6.54 Å². The fraction of sp³-hybridized carbons (Fsp3) is 0.300. The summed E-state index contributed by atoms with van der Waals surface area (Å²) in [5, 5.41) is 0.793. The first kappa shape index (κ1) is 17.2. The van der Waals surface area contributed by atoms with Gasteiger partial charge in [0.2, 0.25) is 0 Å². The number of imide groups is 1. The van der Waals surface area contributed by atoms with Gasteiger partial charge in [-0.05, 0) is 23.8 Å². The number of amides is 2. The van der Waals surface area contributed by atoms with Crippen LogP contribution in [0.5, 0.6) is 0 Å². The molecule has 2 heterocycles. The highest BCUT2D eigenvalue weighted by atomic mass is 35.5. The Labute approximate surface area is 157 Å². The second kappa shape index (κ2) is 7.19. The van der Waals surface area contributed by atoms with E-state index in [4.69, 9.17) is 11.6 Å². The third-order valence-electron chi connectivity index (χ3n) is 5.04. The summed E-state index contributed by atoms with van der Waals surface area (Å²) in [7, 11) is 0. The minimum absolute atomic E-state index is 0.191. The van der Waals surface area contributed by atoms with Crippen LogP contribution in [0, 0.1) is 0 Å². The molecule has 0 spiro atoms. The Morgan fingerprint density at radius 3 is 1.92 bits per heavy atom. The molecule has 26 heavy (non-hydrogen) atoms. The highest BCUT2D eigenvalue weighted by molar-refractivity contribution is 6.31. The average Bonchev–Trinajstić information content (AvgIpc) is 2.90. The molecule has 2 aliphatic heterocycles. The van der Waals surface area contributed by atoms with Gasteiger partial charge in [0.25, 0.3) is 11.8 Å². The minimum atomic E-state index is -0.191. The van der Waals surface area contributed by atoms with Crippen LogP contribution in [0.3, 0.4) is 0 Å². The Bertz CT molecular complexity index is 811. The molecule has 0 bridgehead atoms. The number of hydrogen-bond acceptors (Lipinski definition) is 4. The van der Waals surface area contributed by atoms with Crippen LogP contribution in [0.2, 0.25) is 5.02 Å². The standard InChI is InChI=1S/C20H20ClN3O2/c21-18-8-4-1-5-15(18)13-22-9-11-23(12-10-22)14-24-19(25)16-6-2-3-7-17(16)20(24)26/h1-8H,9-14H2. The highest BCUT2D eigenvalue weighted by Crippen LogP contribution is 2.23. The summed E-state index contributed by atoms with van der Waals surface area (Å²) >= 11 is 6.24. The smallest absolute Gasteiger partial charge is 0.262 e. The van der Waals surface area contributed by atoms with E-state index < -0.39 is 0 Å². The topological polar surface area (TPSA) is 43.9 Å². The molecule has 2 aromatic carbocycles. The molecule has 4 rings (SSSR count). The fourth-order valence-electron chi connectivity index (χ4n) is 3.52. The Balaban J connectivity index is 1.34. The zero-order valence-corrected chi connectivity index (χ0v) is 15.2.